The molecule has 0 rings (SSSR count). The third-order valence-corrected chi connectivity index (χ3v) is 2.68. The maximum Gasteiger partial charge on any atom is 0.323 e. The molecular weight excluding hydrogens is 296 g/mol. The standard InChI is InChI=1S/C9H16N2O6S2/c12-7(10-3-6(19)9(15)16)1-2-17-11-5(4-18)8(13)14/h5-6,11,18-19H,1-4H2,(H,10,12)(H,13,14)(H,15,16). The van der Waals surface area contributed by atoms with Crippen LogP contribution in [0.4, 0.5) is 0 Å². The molecule has 1 amide bonds. The number of amides is 1. The summed E-state index contributed by atoms with van der Waals surface area (Å²) in [6, 6.07) is -0.958. The van der Waals surface area contributed by atoms with Crippen LogP contribution in [0.25, 0.3) is 0 Å². The molecule has 8 nitrogen and oxygen atoms in total. The SMILES string of the molecule is O=C(CCONC(CS)C(=O)O)NCC(S)C(=O)O. The maximum absolute atomic E-state index is 11.2. The molecule has 0 saturated carbocycles. The van der Waals surface area contributed by atoms with E-state index < -0.39 is 29.1 Å². The van der Waals surface area contributed by atoms with E-state index in [1.807, 2.05) is 0 Å². The number of carboxylic acid groups (broad SMARTS) is 2. The number of carboxylic acids is 2. The Morgan fingerprint density at radius 2 is 1.84 bits per heavy atom. The first-order valence-electron chi connectivity index (χ1n) is 5.27. The van der Waals surface area contributed by atoms with Gasteiger partial charge in [-0.05, 0) is 0 Å². The molecule has 0 spiro atoms. The summed E-state index contributed by atoms with van der Waals surface area (Å²) in [5.41, 5.74) is 2.24. The van der Waals surface area contributed by atoms with Crippen molar-refractivity contribution in [3.63, 3.8) is 0 Å². The number of hydrogen-bond donors (Lipinski definition) is 6. The van der Waals surface area contributed by atoms with Gasteiger partial charge in [0.15, 0.2) is 0 Å². The predicted molar refractivity (Wildman–Crippen MR) is 72.4 cm³/mol. The molecule has 19 heavy (non-hydrogen) atoms. The largest absolute Gasteiger partial charge is 0.480 e. The lowest BCUT2D eigenvalue weighted by atomic mass is 10.3. The molecule has 0 aliphatic carbocycles. The van der Waals surface area contributed by atoms with Crippen LogP contribution in [-0.4, -0.2) is 58.3 Å². The zero-order chi connectivity index (χ0) is 14.8. The molecular formula is C9H16N2O6S2. The summed E-state index contributed by atoms with van der Waals surface area (Å²) in [5, 5.41) is 18.6. The van der Waals surface area contributed by atoms with E-state index in [1.54, 1.807) is 0 Å². The highest BCUT2D eigenvalue weighted by Gasteiger charge is 2.15. The van der Waals surface area contributed by atoms with E-state index in [0.29, 0.717) is 0 Å². The lowest BCUT2D eigenvalue weighted by molar-refractivity contribution is -0.143. The predicted octanol–water partition coefficient (Wildman–Crippen LogP) is -1.22. The van der Waals surface area contributed by atoms with Crippen molar-refractivity contribution in [3.8, 4) is 0 Å². The second-order valence-corrected chi connectivity index (χ2v) is 4.44. The Morgan fingerprint density at radius 1 is 1.21 bits per heavy atom. The molecule has 10 heteroatoms. The minimum Gasteiger partial charge on any atom is -0.480 e. The quantitative estimate of drug-likeness (QED) is 0.170. The minimum atomic E-state index is -1.13. The number of thiol groups is 2. The third-order valence-electron chi connectivity index (χ3n) is 1.92. The van der Waals surface area contributed by atoms with Crippen LogP contribution in [0.3, 0.4) is 0 Å². The zero-order valence-electron chi connectivity index (χ0n) is 9.90. The van der Waals surface area contributed by atoms with Crippen molar-refractivity contribution in [1.29, 1.82) is 0 Å². The Morgan fingerprint density at radius 3 is 2.32 bits per heavy atom. The highest BCUT2D eigenvalue weighted by Crippen LogP contribution is 1.93. The first kappa shape index (κ1) is 18.0. The molecule has 0 saturated heterocycles. The van der Waals surface area contributed by atoms with E-state index in [-0.39, 0.29) is 25.3 Å². The maximum atomic E-state index is 11.2. The molecule has 0 heterocycles. The molecule has 0 aliphatic heterocycles. The van der Waals surface area contributed by atoms with Gasteiger partial charge in [0, 0.05) is 12.3 Å². The number of aliphatic carboxylic acids is 2. The zero-order valence-corrected chi connectivity index (χ0v) is 11.7. The van der Waals surface area contributed by atoms with E-state index in [0.717, 1.165) is 0 Å². The summed E-state index contributed by atoms with van der Waals surface area (Å²) in [4.78, 5) is 37.0. The normalized spacial score (nSPS) is 13.6. The van der Waals surface area contributed by atoms with Crippen molar-refractivity contribution < 1.29 is 29.4 Å². The summed E-state index contributed by atoms with van der Waals surface area (Å²) in [7, 11) is 0. The Bertz CT molecular complexity index is 328. The molecule has 0 radical (unpaired) electrons. The Hall–Kier alpha value is -0.970. The van der Waals surface area contributed by atoms with Gasteiger partial charge in [0.1, 0.15) is 11.3 Å². The number of hydrogen-bond acceptors (Lipinski definition) is 7. The van der Waals surface area contributed by atoms with Crippen LogP contribution < -0.4 is 10.8 Å². The number of rotatable bonds is 10. The van der Waals surface area contributed by atoms with Gasteiger partial charge in [-0.15, -0.1) is 0 Å². The van der Waals surface area contributed by atoms with Gasteiger partial charge in [0.25, 0.3) is 0 Å². The monoisotopic (exact) mass is 312 g/mol. The summed E-state index contributed by atoms with van der Waals surface area (Å²) in [6.45, 7) is -0.146. The van der Waals surface area contributed by atoms with E-state index in [1.165, 1.54) is 0 Å². The first-order valence-corrected chi connectivity index (χ1v) is 6.42. The molecule has 0 aromatic carbocycles. The van der Waals surface area contributed by atoms with Gasteiger partial charge >= 0.3 is 11.9 Å². The molecule has 4 N–H and O–H groups in total. The van der Waals surface area contributed by atoms with Crippen molar-refractivity contribution in [3.05, 3.63) is 0 Å². The Balaban J connectivity index is 3.69. The topological polar surface area (TPSA) is 125 Å². The average Bonchev–Trinajstić information content (AvgIpc) is 2.35. The van der Waals surface area contributed by atoms with Crippen molar-refractivity contribution >= 4 is 43.1 Å². The summed E-state index contributed by atoms with van der Waals surface area (Å²) >= 11 is 7.55. The summed E-state index contributed by atoms with van der Waals surface area (Å²) in [6.07, 6.45) is -0.0357. The molecule has 2 unspecified atom stereocenters. The molecule has 2 atom stereocenters. The number of carbonyl (C=O) groups excluding carboxylic acids is 1. The van der Waals surface area contributed by atoms with E-state index >= 15 is 0 Å². The molecule has 0 aliphatic rings. The van der Waals surface area contributed by atoms with Gasteiger partial charge in [-0.25, -0.2) is 0 Å². The second-order valence-electron chi connectivity index (χ2n) is 3.45. The summed E-state index contributed by atoms with van der Waals surface area (Å²) in [5.74, 6) is -2.61. The van der Waals surface area contributed by atoms with Gasteiger partial charge in [-0.2, -0.15) is 30.7 Å². The number of carbonyl (C=O) groups is 3. The van der Waals surface area contributed by atoms with Crippen LogP contribution in [0.2, 0.25) is 0 Å². The third kappa shape index (κ3) is 8.70. The Labute approximate surface area is 120 Å². The van der Waals surface area contributed by atoms with Gasteiger partial charge in [0.05, 0.1) is 13.0 Å². The minimum absolute atomic E-state index is 0.0357. The molecule has 0 fully saturated rings. The average molecular weight is 312 g/mol. The smallest absolute Gasteiger partial charge is 0.323 e. The van der Waals surface area contributed by atoms with Crippen LogP contribution >= 0.6 is 25.3 Å². The van der Waals surface area contributed by atoms with Crippen LogP contribution in [0.15, 0.2) is 0 Å². The fraction of sp³-hybridized carbons (Fsp3) is 0.667. The molecule has 0 aromatic heterocycles. The van der Waals surface area contributed by atoms with Crippen molar-refractivity contribution in [2.75, 3.05) is 18.9 Å². The Kier molecular flexibility index (Phi) is 9.39. The highest BCUT2D eigenvalue weighted by molar-refractivity contribution is 7.81. The fourth-order valence-corrected chi connectivity index (χ4v) is 1.18. The summed E-state index contributed by atoms with van der Waals surface area (Å²) < 4.78 is 0. The van der Waals surface area contributed by atoms with Crippen molar-refractivity contribution in [1.82, 2.24) is 10.8 Å². The first-order chi connectivity index (χ1) is 8.88. The van der Waals surface area contributed by atoms with Crippen molar-refractivity contribution in [2.24, 2.45) is 0 Å². The number of hydroxylamine groups is 1. The van der Waals surface area contributed by atoms with Crippen molar-refractivity contribution in [2.45, 2.75) is 17.7 Å². The van der Waals surface area contributed by atoms with Crippen LogP contribution in [-0.2, 0) is 19.2 Å². The van der Waals surface area contributed by atoms with E-state index in [4.69, 9.17) is 15.1 Å². The van der Waals surface area contributed by atoms with Crippen LogP contribution in [0, 0.1) is 0 Å². The van der Waals surface area contributed by atoms with Crippen LogP contribution in [0.5, 0.6) is 0 Å². The molecule has 0 bridgehead atoms. The van der Waals surface area contributed by atoms with Gasteiger partial charge < -0.3 is 20.4 Å². The van der Waals surface area contributed by atoms with E-state index in [9.17, 15) is 14.4 Å². The van der Waals surface area contributed by atoms with Gasteiger partial charge in [0.2, 0.25) is 5.91 Å². The lowest BCUT2D eigenvalue weighted by Crippen LogP contribution is -2.39. The lowest BCUT2D eigenvalue weighted by Gasteiger charge is -2.12. The fourth-order valence-electron chi connectivity index (χ4n) is 0.855. The van der Waals surface area contributed by atoms with Crippen LogP contribution in [0.1, 0.15) is 6.42 Å². The number of nitrogens with one attached hydrogen (secondary N) is 2. The van der Waals surface area contributed by atoms with Gasteiger partial charge in [-0.3, -0.25) is 14.4 Å². The molecule has 0 aromatic rings. The highest BCUT2D eigenvalue weighted by atomic mass is 32.1. The van der Waals surface area contributed by atoms with Gasteiger partial charge in [-0.1, -0.05) is 0 Å². The second kappa shape index (κ2) is 9.89. The van der Waals surface area contributed by atoms with E-state index in [2.05, 4.69) is 36.1 Å². The molecule has 110 valence electrons.